The number of rotatable bonds is 1. The van der Waals surface area contributed by atoms with Gasteiger partial charge in [-0.3, -0.25) is 0 Å². The first-order valence-electron chi connectivity index (χ1n) is 3.62. The van der Waals surface area contributed by atoms with Crippen LogP contribution < -0.4 is 0 Å². The van der Waals surface area contributed by atoms with E-state index >= 15 is 0 Å². The third kappa shape index (κ3) is 1.66. The summed E-state index contributed by atoms with van der Waals surface area (Å²) >= 11 is 0. The normalized spacial score (nSPS) is 9.62. The van der Waals surface area contributed by atoms with E-state index < -0.39 is 0 Å². The molecule has 2 aromatic rings. The summed E-state index contributed by atoms with van der Waals surface area (Å²) < 4.78 is 12.9. The molecule has 0 saturated carbocycles. The van der Waals surface area contributed by atoms with Crippen LogP contribution >= 0.6 is 0 Å². The predicted molar refractivity (Wildman–Crippen MR) is 47.2 cm³/mol. The third-order valence-electron chi connectivity index (χ3n) is 1.82. The molecule has 1 heterocycles. The molecule has 13 heavy (non-hydrogen) atoms. The van der Waals surface area contributed by atoms with E-state index in [1.807, 2.05) is 0 Å². The molecule has 1 radical (unpaired) electrons. The molecule has 1 N–H and O–H groups in total. The van der Waals surface area contributed by atoms with Crippen LogP contribution in [0.3, 0.4) is 0 Å². The van der Waals surface area contributed by atoms with E-state index in [1.165, 1.54) is 12.1 Å². The molecule has 1 aromatic heterocycles. The third-order valence-corrected chi connectivity index (χ3v) is 1.82. The van der Waals surface area contributed by atoms with Gasteiger partial charge in [-0.25, -0.2) is 4.39 Å². The number of benzene rings is 1. The second-order valence-electron chi connectivity index (χ2n) is 2.57. The summed E-state index contributed by atoms with van der Waals surface area (Å²) in [5.41, 5.74) is 1.55. The summed E-state index contributed by atoms with van der Waals surface area (Å²) in [5.74, 6) is -0.256. The van der Waals surface area contributed by atoms with Crippen molar-refractivity contribution in [3.8, 4) is 0 Å². The number of halogens is 1. The molecule has 0 amide bonds. The van der Waals surface area contributed by atoms with Crippen LogP contribution in [0.25, 0.3) is 17.0 Å². The Balaban J connectivity index is 0.000000845. The standard InChI is InChI=1S/C10H7FN.Co/c1-2-7-5-8(11)6-10-9(7)3-4-12-10;/h2-3,5-6,12H,1H2;/q-1;. The number of aromatic nitrogens is 1. The minimum absolute atomic E-state index is 0. The topological polar surface area (TPSA) is 15.8 Å². The van der Waals surface area contributed by atoms with Crippen molar-refractivity contribution in [1.82, 2.24) is 4.98 Å². The minimum atomic E-state index is -0.256. The largest absolute Gasteiger partial charge is 0.477 e. The van der Waals surface area contributed by atoms with Crippen molar-refractivity contribution in [2.24, 2.45) is 0 Å². The number of hydrogen-bond acceptors (Lipinski definition) is 0. The molecular weight excluding hydrogens is 212 g/mol. The molecule has 0 aliphatic carbocycles. The van der Waals surface area contributed by atoms with Crippen LogP contribution in [0.5, 0.6) is 0 Å². The number of H-pyrrole nitrogens is 1. The molecule has 0 spiro atoms. The molecule has 0 fully saturated rings. The van der Waals surface area contributed by atoms with Gasteiger partial charge in [-0.15, -0.1) is 17.1 Å². The fourth-order valence-electron chi connectivity index (χ4n) is 1.26. The van der Waals surface area contributed by atoms with Gasteiger partial charge in [0, 0.05) is 16.8 Å². The Labute approximate surface area is 85.8 Å². The fourth-order valence-corrected chi connectivity index (χ4v) is 1.26. The van der Waals surface area contributed by atoms with Crippen molar-refractivity contribution in [2.45, 2.75) is 0 Å². The van der Waals surface area contributed by atoms with E-state index in [2.05, 4.69) is 17.8 Å². The van der Waals surface area contributed by atoms with Gasteiger partial charge in [0.1, 0.15) is 5.82 Å². The molecule has 0 aliphatic heterocycles. The van der Waals surface area contributed by atoms with E-state index in [4.69, 9.17) is 0 Å². The maximum absolute atomic E-state index is 12.9. The molecule has 1 nitrogen and oxygen atoms in total. The summed E-state index contributed by atoms with van der Waals surface area (Å²) in [6.07, 6.45) is 4.43. The van der Waals surface area contributed by atoms with Crippen LogP contribution in [0.4, 0.5) is 4.39 Å². The van der Waals surface area contributed by atoms with Crippen molar-refractivity contribution in [3.63, 3.8) is 0 Å². The van der Waals surface area contributed by atoms with Crippen LogP contribution in [-0.4, -0.2) is 4.98 Å². The Kier molecular flexibility index (Phi) is 2.90. The number of fused-ring (bicyclic) bond motifs is 1. The molecule has 3 heteroatoms. The van der Waals surface area contributed by atoms with Gasteiger partial charge in [-0.1, -0.05) is 24.3 Å². The SMILES string of the molecule is C=Cc1cc(F)cc2[nH][c-]cc12.[Co]. The smallest absolute Gasteiger partial charge is 0.111 e. The zero-order valence-electron chi connectivity index (χ0n) is 6.73. The molecule has 0 bridgehead atoms. The van der Waals surface area contributed by atoms with Crippen molar-refractivity contribution in [2.75, 3.05) is 0 Å². The van der Waals surface area contributed by atoms with Crippen LogP contribution in [0.2, 0.25) is 0 Å². The second-order valence-corrected chi connectivity index (χ2v) is 2.57. The Morgan fingerprint density at radius 2 is 2.23 bits per heavy atom. The summed E-state index contributed by atoms with van der Waals surface area (Å²) in [5, 5.41) is 0.950. The Morgan fingerprint density at radius 1 is 1.46 bits per heavy atom. The van der Waals surface area contributed by atoms with Gasteiger partial charge in [-0.05, 0) is 6.07 Å². The Hall–Kier alpha value is -1.06. The summed E-state index contributed by atoms with van der Waals surface area (Å²) in [7, 11) is 0. The molecule has 69 valence electrons. The van der Waals surface area contributed by atoms with Crippen molar-refractivity contribution in [1.29, 1.82) is 0 Å². The average molecular weight is 219 g/mol. The van der Waals surface area contributed by atoms with Gasteiger partial charge in [-0.2, -0.15) is 6.07 Å². The first-order chi connectivity index (χ1) is 5.81. The molecule has 0 aliphatic rings. The molecule has 0 unspecified atom stereocenters. The van der Waals surface area contributed by atoms with Gasteiger partial charge >= 0.3 is 0 Å². The van der Waals surface area contributed by atoms with Crippen molar-refractivity contribution in [3.05, 3.63) is 42.4 Å². The van der Waals surface area contributed by atoms with Crippen LogP contribution in [-0.2, 0) is 16.8 Å². The van der Waals surface area contributed by atoms with E-state index in [9.17, 15) is 4.39 Å². The first kappa shape index (κ1) is 10.0. The predicted octanol–water partition coefficient (Wildman–Crippen LogP) is 2.75. The molecule has 0 atom stereocenters. The zero-order chi connectivity index (χ0) is 8.55. The van der Waals surface area contributed by atoms with Gasteiger partial charge in [0.25, 0.3) is 0 Å². The zero-order valence-corrected chi connectivity index (χ0v) is 7.77. The fraction of sp³-hybridized carbons (Fsp3) is 0. The van der Waals surface area contributed by atoms with Crippen molar-refractivity contribution < 1.29 is 21.2 Å². The maximum atomic E-state index is 12.9. The Morgan fingerprint density at radius 3 is 2.92 bits per heavy atom. The summed E-state index contributed by atoms with van der Waals surface area (Å²) in [6, 6.07) is 4.68. The van der Waals surface area contributed by atoms with Crippen molar-refractivity contribution >= 4 is 17.0 Å². The van der Waals surface area contributed by atoms with Gasteiger partial charge < -0.3 is 4.98 Å². The van der Waals surface area contributed by atoms with Crippen LogP contribution in [0.1, 0.15) is 5.56 Å². The van der Waals surface area contributed by atoms with Gasteiger partial charge in [0.2, 0.25) is 0 Å². The minimum Gasteiger partial charge on any atom is -0.477 e. The van der Waals surface area contributed by atoms with Gasteiger partial charge in [0.05, 0.1) is 0 Å². The number of aromatic amines is 1. The number of hydrogen-bond donors (Lipinski definition) is 1. The summed E-state index contributed by atoms with van der Waals surface area (Å²) in [6.45, 7) is 3.61. The molecule has 2 rings (SSSR count). The van der Waals surface area contributed by atoms with E-state index in [-0.39, 0.29) is 22.6 Å². The first-order valence-corrected chi connectivity index (χ1v) is 3.62. The van der Waals surface area contributed by atoms with Crippen LogP contribution in [0, 0.1) is 12.0 Å². The monoisotopic (exact) mass is 219 g/mol. The average Bonchev–Trinajstić information content (AvgIpc) is 2.50. The van der Waals surface area contributed by atoms with Gasteiger partial charge in [0.15, 0.2) is 0 Å². The summed E-state index contributed by atoms with van der Waals surface area (Å²) in [4.78, 5) is 2.82. The molecular formula is C10H7CoFN-. The molecule has 1 aromatic carbocycles. The Bertz CT molecular complexity index is 433. The van der Waals surface area contributed by atoms with Crippen LogP contribution in [0.15, 0.2) is 24.8 Å². The second kappa shape index (κ2) is 3.76. The molecule has 0 saturated heterocycles. The number of nitrogens with one attached hydrogen (secondary N) is 1. The quantitative estimate of drug-likeness (QED) is 0.710. The van der Waals surface area contributed by atoms with E-state index in [0.717, 1.165) is 16.5 Å². The van der Waals surface area contributed by atoms with E-state index in [0.29, 0.717) is 0 Å². The van der Waals surface area contributed by atoms with E-state index in [1.54, 1.807) is 12.1 Å². The maximum Gasteiger partial charge on any atom is 0.111 e.